The van der Waals surface area contributed by atoms with Crippen LogP contribution in [0, 0.1) is 0 Å². The number of aliphatic imine (C=N–C) groups is 1. The van der Waals surface area contributed by atoms with E-state index in [0.717, 1.165) is 32.1 Å². The van der Waals surface area contributed by atoms with Crippen LogP contribution in [0.25, 0.3) is 0 Å². The van der Waals surface area contributed by atoms with Crippen LogP contribution < -0.4 is 10.6 Å². The Kier molecular flexibility index (Phi) is 14.8. The number of guanidine groups is 1. The standard InChI is InChI=1S/C10H24N4O.HI/c1-5-14(3)8-6-12-10(11-2)13-7-9-15-4;/h5-9H2,1-4H3,(H2,11,12,13);1H. The van der Waals surface area contributed by atoms with Gasteiger partial charge in [0.2, 0.25) is 0 Å². The Labute approximate surface area is 116 Å². The van der Waals surface area contributed by atoms with Gasteiger partial charge in [-0.3, -0.25) is 4.99 Å². The second-order valence-electron chi connectivity index (χ2n) is 3.31. The molecule has 0 aromatic carbocycles. The van der Waals surface area contributed by atoms with Gasteiger partial charge >= 0.3 is 0 Å². The topological polar surface area (TPSA) is 48.9 Å². The van der Waals surface area contributed by atoms with Gasteiger partial charge in [-0.05, 0) is 13.6 Å². The van der Waals surface area contributed by atoms with E-state index < -0.39 is 0 Å². The molecular formula is C10H25IN4O. The van der Waals surface area contributed by atoms with Crippen LogP contribution in [-0.2, 0) is 4.74 Å². The average molecular weight is 344 g/mol. The lowest BCUT2D eigenvalue weighted by Crippen LogP contribution is -2.41. The minimum absolute atomic E-state index is 0. The third kappa shape index (κ3) is 10.4. The lowest BCUT2D eigenvalue weighted by atomic mass is 10.5. The summed E-state index contributed by atoms with van der Waals surface area (Å²) in [6.07, 6.45) is 0. The van der Waals surface area contributed by atoms with Crippen LogP contribution in [0.15, 0.2) is 4.99 Å². The van der Waals surface area contributed by atoms with Crippen molar-refractivity contribution >= 4 is 29.9 Å². The molecule has 0 bridgehead atoms. The number of rotatable bonds is 7. The fourth-order valence-corrected chi connectivity index (χ4v) is 1.02. The smallest absolute Gasteiger partial charge is 0.191 e. The summed E-state index contributed by atoms with van der Waals surface area (Å²) in [5, 5.41) is 6.39. The molecule has 0 aromatic heterocycles. The average Bonchev–Trinajstić information content (AvgIpc) is 2.26. The Morgan fingerprint density at radius 3 is 2.44 bits per heavy atom. The van der Waals surface area contributed by atoms with Crippen molar-refractivity contribution in [2.75, 3.05) is 54.0 Å². The normalized spacial score (nSPS) is 11.2. The Bertz CT molecular complexity index is 178. The van der Waals surface area contributed by atoms with Crippen LogP contribution in [0.5, 0.6) is 0 Å². The van der Waals surface area contributed by atoms with Crippen LogP contribution in [-0.4, -0.2) is 64.9 Å². The Morgan fingerprint density at radius 2 is 1.94 bits per heavy atom. The molecule has 0 aliphatic rings. The number of likely N-dealkylation sites (N-methyl/N-ethyl adjacent to an activating group) is 1. The molecule has 0 aliphatic carbocycles. The highest BCUT2D eigenvalue weighted by atomic mass is 127. The molecule has 0 saturated carbocycles. The molecule has 0 fully saturated rings. The highest BCUT2D eigenvalue weighted by Crippen LogP contribution is 1.78. The molecule has 0 radical (unpaired) electrons. The molecule has 0 rings (SSSR count). The molecule has 0 atom stereocenters. The van der Waals surface area contributed by atoms with Gasteiger partial charge in [0.25, 0.3) is 0 Å². The van der Waals surface area contributed by atoms with Gasteiger partial charge in [-0.2, -0.15) is 0 Å². The summed E-state index contributed by atoms with van der Waals surface area (Å²) in [5.41, 5.74) is 0. The number of hydrogen-bond donors (Lipinski definition) is 2. The Hall–Kier alpha value is -0.0800. The molecule has 16 heavy (non-hydrogen) atoms. The highest BCUT2D eigenvalue weighted by Gasteiger charge is 1.97. The fraction of sp³-hybridized carbons (Fsp3) is 0.900. The quantitative estimate of drug-likeness (QED) is 0.303. The maximum atomic E-state index is 4.94. The number of halogens is 1. The zero-order valence-corrected chi connectivity index (χ0v) is 13.1. The van der Waals surface area contributed by atoms with E-state index in [4.69, 9.17) is 4.74 Å². The van der Waals surface area contributed by atoms with Gasteiger partial charge in [-0.1, -0.05) is 6.92 Å². The summed E-state index contributed by atoms with van der Waals surface area (Å²) in [6, 6.07) is 0. The van der Waals surface area contributed by atoms with Crippen LogP contribution in [0.2, 0.25) is 0 Å². The van der Waals surface area contributed by atoms with E-state index in [1.807, 2.05) is 0 Å². The van der Waals surface area contributed by atoms with E-state index in [9.17, 15) is 0 Å². The van der Waals surface area contributed by atoms with Crippen molar-refractivity contribution in [3.63, 3.8) is 0 Å². The molecule has 0 saturated heterocycles. The molecular weight excluding hydrogens is 319 g/mol. The molecule has 0 heterocycles. The summed E-state index contributed by atoms with van der Waals surface area (Å²) in [7, 11) is 5.56. The zero-order chi connectivity index (χ0) is 11.5. The van der Waals surface area contributed by atoms with Crippen LogP contribution in [0.4, 0.5) is 0 Å². The molecule has 5 nitrogen and oxygen atoms in total. The number of nitrogens with one attached hydrogen (secondary N) is 2. The first-order chi connectivity index (χ1) is 7.24. The molecule has 6 heteroatoms. The molecule has 98 valence electrons. The third-order valence-electron chi connectivity index (χ3n) is 2.15. The molecule has 0 amide bonds. The van der Waals surface area contributed by atoms with Gasteiger partial charge in [0, 0.05) is 33.8 Å². The second-order valence-corrected chi connectivity index (χ2v) is 3.31. The lowest BCUT2D eigenvalue weighted by Gasteiger charge is -2.16. The molecule has 0 aromatic rings. The maximum absolute atomic E-state index is 4.94. The summed E-state index contributed by atoms with van der Waals surface area (Å²) in [4.78, 5) is 6.35. The second kappa shape index (κ2) is 13.0. The van der Waals surface area contributed by atoms with Gasteiger partial charge in [-0.15, -0.1) is 24.0 Å². The van der Waals surface area contributed by atoms with Crippen molar-refractivity contribution in [3.05, 3.63) is 0 Å². The van der Waals surface area contributed by atoms with Crippen LogP contribution in [0.1, 0.15) is 6.92 Å². The van der Waals surface area contributed by atoms with Gasteiger partial charge in [-0.25, -0.2) is 0 Å². The van der Waals surface area contributed by atoms with E-state index in [0.29, 0.717) is 6.61 Å². The largest absolute Gasteiger partial charge is 0.383 e. The van der Waals surface area contributed by atoms with E-state index in [-0.39, 0.29) is 24.0 Å². The lowest BCUT2D eigenvalue weighted by molar-refractivity contribution is 0.203. The first-order valence-electron chi connectivity index (χ1n) is 5.36. The maximum Gasteiger partial charge on any atom is 0.191 e. The van der Waals surface area contributed by atoms with Crippen molar-refractivity contribution in [1.82, 2.24) is 15.5 Å². The van der Waals surface area contributed by atoms with Crippen LogP contribution >= 0.6 is 24.0 Å². The molecule has 0 unspecified atom stereocenters. The zero-order valence-electron chi connectivity index (χ0n) is 10.7. The molecule has 0 spiro atoms. The monoisotopic (exact) mass is 344 g/mol. The van der Waals surface area contributed by atoms with E-state index >= 15 is 0 Å². The SMILES string of the molecule is CCN(C)CCNC(=NC)NCCOC.I. The van der Waals surface area contributed by atoms with Crippen molar-refractivity contribution in [3.8, 4) is 0 Å². The van der Waals surface area contributed by atoms with Crippen molar-refractivity contribution < 1.29 is 4.74 Å². The summed E-state index contributed by atoms with van der Waals surface area (Å²) >= 11 is 0. The third-order valence-corrected chi connectivity index (χ3v) is 2.15. The number of ether oxygens (including phenoxy) is 1. The van der Waals surface area contributed by atoms with Crippen LogP contribution in [0.3, 0.4) is 0 Å². The van der Waals surface area contributed by atoms with E-state index in [2.05, 4.69) is 34.5 Å². The Balaban J connectivity index is 0. The minimum atomic E-state index is 0. The summed E-state index contributed by atoms with van der Waals surface area (Å²) in [5.74, 6) is 0.830. The fourth-order valence-electron chi connectivity index (χ4n) is 1.02. The minimum Gasteiger partial charge on any atom is -0.383 e. The highest BCUT2D eigenvalue weighted by molar-refractivity contribution is 14.0. The summed E-state index contributed by atoms with van der Waals surface area (Å²) in [6.45, 7) is 6.59. The van der Waals surface area contributed by atoms with Crippen molar-refractivity contribution in [2.24, 2.45) is 4.99 Å². The van der Waals surface area contributed by atoms with E-state index in [1.165, 1.54) is 0 Å². The predicted octanol–water partition coefficient (Wildman–Crippen LogP) is 0.368. The molecule has 2 N–H and O–H groups in total. The Morgan fingerprint density at radius 1 is 1.31 bits per heavy atom. The number of hydrogen-bond acceptors (Lipinski definition) is 3. The van der Waals surface area contributed by atoms with Gasteiger partial charge < -0.3 is 20.3 Å². The predicted molar refractivity (Wildman–Crippen MR) is 79.8 cm³/mol. The first-order valence-corrected chi connectivity index (χ1v) is 5.36. The van der Waals surface area contributed by atoms with Crippen molar-refractivity contribution in [2.45, 2.75) is 6.92 Å². The van der Waals surface area contributed by atoms with E-state index in [1.54, 1.807) is 14.2 Å². The van der Waals surface area contributed by atoms with Crippen molar-refractivity contribution in [1.29, 1.82) is 0 Å². The van der Waals surface area contributed by atoms with Gasteiger partial charge in [0.05, 0.1) is 6.61 Å². The molecule has 0 aliphatic heterocycles. The van der Waals surface area contributed by atoms with Gasteiger partial charge in [0.1, 0.15) is 0 Å². The summed E-state index contributed by atoms with van der Waals surface area (Å²) < 4.78 is 4.94. The number of methoxy groups -OCH3 is 1. The number of nitrogens with zero attached hydrogens (tertiary/aromatic N) is 2. The van der Waals surface area contributed by atoms with Gasteiger partial charge in [0.15, 0.2) is 5.96 Å². The first kappa shape index (κ1) is 18.3.